The number of ether oxygens (including phenoxy) is 1. The Kier molecular flexibility index (Phi) is 4.73. The van der Waals surface area contributed by atoms with Crippen molar-refractivity contribution in [1.29, 1.82) is 0 Å². The molecular weight excluding hydrogens is 469 g/mol. The van der Waals surface area contributed by atoms with E-state index in [0.717, 1.165) is 9.21 Å². The Bertz CT molecular complexity index is 732. The number of hydrogen-bond acceptors (Lipinski definition) is 6. The van der Waals surface area contributed by atoms with Crippen molar-refractivity contribution in [2.75, 3.05) is 5.88 Å². The summed E-state index contributed by atoms with van der Waals surface area (Å²) in [6.07, 6.45) is 0.320. The highest BCUT2D eigenvalue weighted by Gasteiger charge is 2.79. The van der Waals surface area contributed by atoms with Crippen molar-refractivity contribution in [3.05, 3.63) is 29.8 Å². The van der Waals surface area contributed by atoms with Crippen LogP contribution in [0.5, 0.6) is 5.75 Å². The fourth-order valence-electron chi connectivity index (χ4n) is 3.36. The maximum Gasteiger partial charge on any atom is 0.345 e. The molecule has 128 valence electrons. The minimum atomic E-state index is -1.70. The number of rotatable bonds is 6. The van der Waals surface area contributed by atoms with Crippen molar-refractivity contribution < 1.29 is 23.3 Å². The molecule has 6 nitrogen and oxygen atoms in total. The Hall–Kier alpha value is -1.000. The predicted octanol–water partition coefficient (Wildman–Crippen LogP) is 2.68. The number of carbonyl (C=O) groups excluding carboxylic acids is 3. The average molecular weight is 482 g/mol. The van der Waals surface area contributed by atoms with Gasteiger partial charge in [0.1, 0.15) is 15.0 Å². The quantitative estimate of drug-likeness (QED) is 0.168. The van der Waals surface area contributed by atoms with Gasteiger partial charge >= 0.3 is 5.97 Å². The fourth-order valence-corrected chi connectivity index (χ4v) is 4.38. The zero-order chi connectivity index (χ0) is 17.5. The normalized spacial score (nSPS) is 30.9. The van der Waals surface area contributed by atoms with Gasteiger partial charge in [-0.05, 0) is 25.5 Å². The molecule has 2 aliphatic rings. The summed E-state index contributed by atoms with van der Waals surface area (Å²) < 4.78 is 10.6. The van der Waals surface area contributed by atoms with Gasteiger partial charge < -0.3 is 14.2 Å². The fraction of sp³-hybridized carbons (Fsp3) is 0.400. The first kappa shape index (κ1) is 17.8. The lowest BCUT2D eigenvalue weighted by atomic mass is 9.67. The Morgan fingerprint density at radius 1 is 1.50 bits per heavy atom. The van der Waals surface area contributed by atoms with Crippen LogP contribution in [0.2, 0.25) is 0 Å². The SMILES string of the molecule is C[C@@]12OC(=O)[C@]1(C(=O)c1cccc(OSI)c1)NC(=O)[C@@H]2CCCl. The molecule has 0 spiro atoms. The third-order valence-electron chi connectivity index (χ3n) is 4.61. The van der Waals surface area contributed by atoms with Gasteiger partial charge in [0.2, 0.25) is 17.2 Å². The first-order valence-electron chi connectivity index (χ1n) is 7.12. The van der Waals surface area contributed by atoms with Crippen molar-refractivity contribution in [3.8, 4) is 5.75 Å². The van der Waals surface area contributed by atoms with Gasteiger partial charge in [-0.1, -0.05) is 12.1 Å². The van der Waals surface area contributed by atoms with E-state index in [9.17, 15) is 14.4 Å². The van der Waals surface area contributed by atoms with E-state index in [1.807, 2.05) is 21.2 Å². The molecule has 2 heterocycles. The van der Waals surface area contributed by atoms with Gasteiger partial charge in [-0.15, -0.1) is 11.6 Å². The summed E-state index contributed by atoms with van der Waals surface area (Å²) in [4.78, 5) is 37.6. The summed E-state index contributed by atoms with van der Waals surface area (Å²) in [5.74, 6) is -1.59. The molecule has 0 bridgehead atoms. The summed E-state index contributed by atoms with van der Waals surface area (Å²) in [6.45, 7) is 1.60. The molecule has 24 heavy (non-hydrogen) atoms. The van der Waals surface area contributed by atoms with Gasteiger partial charge in [0, 0.05) is 32.6 Å². The molecule has 0 unspecified atom stereocenters. The Balaban J connectivity index is 2.00. The largest absolute Gasteiger partial charge is 0.453 e. The second-order valence-corrected chi connectivity index (χ2v) is 7.52. The van der Waals surface area contributed by atoms with E-state index < -0.39 is 34.7 Å². The standard InChI is InChI=1S/C15H13ClINO5S/c1-14-10(5-6-16)12(20)18-15(14,13(21)22-14)11(19)8-3-2-4-9(7-8)23-24-17/h2-4,7,10H,5-6H2,1H3,(H,18,20)/t10-,14-,15-/m0/s1. The summed E-state index contributed by atoms with van der Waals surface area (Å²) >= 11 is 7.72. The van der Waals surface area contributed by atoms with E-state index in [2.05, 4.69) is 5.32 Å². The molecule has 0 aromatic heterocycles. The molecule has 1 aromatic rings. The van der Waals surface area contributed by atoms with Crippen LogP contribution in [0.4, 0.5) is 0 Å². The highest BCUT2D eigenvalue weighted by molar-refractivity contribution is 14.2. The van der Waals surface area contributed by atoms with E-state index >= 15 is 0 Å². The van der Waals surface area contributed by atoms with E-state index in [1.54, 1.807) is 25.1 Å². The maximum absolute atomic E-state index is 13.1. The molecule has 2 saturated heterocycles. The average Bonchev–Trinajstić information content (AvgIpc) is 2.73. The molecule has 2 aliphatic heterocycles. The summed E-state index contributed by atoms with van der Waals surface area (Å²) in [5.41, 5.74) is -2.66. The van der Waals surface area contributed by atoms with Crippen molar-refractivity contribution in [2.24, 2.45) is 5.92 Å². The Morgan fingerprint density at radius 3 is 2.88 bits per heavy atom. The lowest BCUT2D eigenvalue weighted by Gasteiger charge is -2.49. The van der Waals surface area contributed by atoms with Crippen molar-refractivity contribution in [3.63, 3.8) is 0 Å². The second-order valence-electron chi connectivity index (χ2n) is 5.77. The Morgan fingerprint density at radius 2 is 2.25 bits per heavy atom. The third kappa shape index (κ3) is 2.33. The molecule has 0 radical (unpaired) electrons. The van der Waals surface area contributed by atoms with Gasteiger partial charge in [-0.25, -0.2) is 4.79 Å². The lowest BCUT2D eigenvalue weighted by molar-refractivity contribution is -0.210. The summed E-state index contributed by atoms with van der Waals surface area (Å²) in [6, 6.07) is 6.47. The highest BCUT2D eigenvalue weighted by atomic mass is 127. The second kappa shape index (κ2) is 6.38. The van der Waals surface area contributed by atoms with E-state index in [-0.39, 0.29) is 11.4 Å². The van der Waals surface area contributed by atoms with E-state index in [1.165, 1.54) is 6.07 Å². The number of hydrogen-bond donors (Lipinski definition) is 1. The molecule has 3 atom stereocenters. The zero-order valence-electron chi connectivity index (χ0n) is 12.5. The third-order valence-corrected chi connectivity index (χ3v) is 5.62. The van der Waals surface area contributed by atoms with E-state index in [0.29, 0.717) is 12.2 Å². The van der Waals surface area contributed by atoms with Crippen LogP contribution < -0.4 is 9.50 Å². The number of halogens is 2. The number of ketones is 1. The van der Waals surface area contributed by atoms with Crippen LogP contribution in [0, 0.1) is 5.92 Å². The van der Waals surface area contributed by atoms with Crippen LogP contribution in [0.25, 0.3) is 0 Å². The number of esters is 1. The molecule has 0 aliphatic carbocycles. The number of fused-ring (bicyclic) bond motifs is 1. The van der Waals surface area contributed by atoms with Crippen LogP contribution in [-0.2, 0) is 14.3 Å². The minimum absolute atomic E-state index is 0.228. The number of amides is 1. The van der Waals surface area contributed by atoms with Gasteiger partial charge in [-0.2, -0.15) is 0 Å². The Labute approximate surface area is 159 Å². The smallest absolute Gasteiger partial charge is 0.345 e. The van der Waals surface area contributed by atoms with Gasteiger partial charge in [-0.3, -0.25) is 9.59 Å². The van der Waals surface area contributed by atoms with Gasteiger partial charge in [0.15, 0.2) is 5.60 Å². The van der Waals surface area contributed by atoms with E-state index in [4.69, 9.17) is 20.5 Å². The first-order valence-corrected chi connectivity index (χ1v) is 10.9. The zero-order valence-corrected chi connectivity index (χ0v) is 16.2. The van der Waals surface area contributed by atoms with Crippen LogP contribution in [0.15, 0.2) is 24.3 Å². The molecular formula is C15H13ClINO5S. The summed E-state index contributed by atoms with van der Waals surface area (Å²) in [5, 5.41) is 2.57. The summed E-state index contributed by atoms with van der Waals surface area (Å²) in [7, 11) is 1.11. The monoisotopic (exact) mass is 481 g/mol. The minimum Gasteiger partial charge on any atom is -0.453 e. The highest BCUT2D eigenvalue weighted by Crippen LogP contribution is 2.51. The number of Topliss-reactive ketones (excluding diaryl/α,β-unsaturated/α-hetero) is 1. The van der Waals surface area contributed by atoms with Crippen LogP contribution in [0.1, 0.15) is 23.7 Å². The van der Waals surface area contributed by atoms with Crippen molar-refractivity contribution in [1.82, 2.24) is 5.32 Å². The molecule has 3 rings (SSSR count). The topological polar surface area (TPSA) is 81.7 Å². The molecule has 1 N–H and O–H groups in total. The van der Waals surface area contributed by atoms with Crippen LogP contribution in [0.3, 0.4) is 0 Å². The molecule has 9 heteroatoms. The number of carbonyl (C=O) groups is 3. The van der Waals surface area contributed by atoms with Gasteiger partial charge in [0.25, 0.3) is 0 Å². The molecule has 1 amide bonds. The maximum atomic E-state index is 13.1. The molecule has 2 fully saturated rings. The molecule has 0 saturated carbocycles. The molecule has 1 aromatic carbocycles. The first-order chi connectivity index (χ1) is 11.4. The van der Waals surface area contributed by atoms with Crippen molar-refractivity contribution >= 4 is 59.7 Å². The lowest BCUT2D eigenvalue weighted by Crippen LogP contribution is -2.77. The van der Waals surface area contributed by atoms with Crippen molar-refractivity contribution in [2.45, 2.75) is 24.5 Å². The predicted molar refractivity (Wildman–Crippen MR) is 97.2 cm³/mol. The number of benzene rings is 1. The number of nitrogens with one attached hydrogen (secondary N) is 1. The van der Waals surface area contributed by atoms with Crippen LogP contribution in [-0.4, -0.2) is 34.7 Å². The van der Waals surface area contributed by atoms with Crippen LogP contribution >= 0.6 is 42.0 Å². The number of alkyl halides is 1. The van der Waals surface area contributed by atoms with Gasteiger partial charge in [0.05, 0.1) is 5.92 Å².